The molecule has 0 aromatic carbocycles. The van der Waals surface area contributed by atoms with Gasteiger partial charge in [0.05, 0.1) is 23.4 Å². The monoisotopic (exact) mass is 278 g/mol. The van der Waals surface area contributed by atoms with Crippen molar-refractivity contribution in [1.82, 2.24) is 9.97 Å². The van der Waals surface area contributed by atoms with Crippen LogP contribution in [0, 0.1) is 0 Å². The Labute approximate surface area is 114 Å². The SMILES string of the molecule is O=C(O)c1cc(OCCc2ccccn2)ncc1Cl. The molecule has 0 aliphatic heterocycles. The maximum absolute atomic E-state index is 10.9. The van der Waals surface area contributed by atoms with Crippen LogP contribution in [-0.4, -0.2) is 27.7 Å². The number of carboxylic acids is 1. The predicted molar refractivity (Wildman–Crippen MR) is 69.6 cm³/mol. The van der Waals surface area contributed by atoms with Gasteiger partial charge in [-0.2, -0.15) is 0 Å². The van der Waals surface area contributed by atoms with Crippen LogP contribution in [0.15, 0.2) is 36.7 Å². The Kier molecular flexibility index (Phi) is 4.30. The van der Waals surface area contributed by atoms with Crippen molar-refractivity contribution in [1.29, 1.82) is 0 Å². The highest BCUT2D eigenvalue weighted by molar-refractivity contribution is 6.33. The van der Waals surface area contributed by atoms with Crippen molar-refractivity contribution < 1.29 is 14.6 Å². The van der Waals surface area contributed by atoms with Crippen LogP contribution in [0.1, 0.15) is 16.1 Å². The van der Waals surface area contributed by atoms with Crippen molar-refractivity contribution in [2.45, 2.75) is 6.42 Å². The minimum atomic E-state index is -1.11. The Morgan fingerprint density at radius 2 is 2.21 bits per heavy atom. The molecule has 0 radical (unpaired) electrons. The molecule has 2 rings (SSSR count). The third-order valence-electron chi connectivity index (χ3n) is 2.39. The van der Waals surface area contributed by atoms with Gasteiger partial charge >= 0.3 is 5.97 Å². The smallest absolute Gasteiger partial charge is 0.337 e. The summed E-state index contributed by atoms with van der Waals surface area (Å²) in [5.41, 5.74) is 0.874. The first-order valence-corrected chi connectivity index (χ1v) is 5.96. The number of carbonyl (C=O) groups is 1. The number of hydrogen-bond acceptors (Lipinski definition) is 4. The van der Waals surface area contributed by atoms with E-state index in [1.807, 2.05) is 18.2 Å². The molecule has 0 bridgehead atoms. The number of nitrogens with zero attached hydrogens (tertiary/aromatic N) is 2. The Morgan fingerprint density at radius 1 is 1.37 bits per heavy atom. The molecule has 2 aromatic rings. The molecule has 2 aromatic heterocycles. The Bertz CT molecular complexity index is 575. The zero-order valence-corrected chi connectivity index (χ0v) is 10.7. The highest BCUT2D eigenvalue weighted by atomic mass is 35.5. The molecule has 0 amide bonds. The fourth-order valence-corrected chi connectivity index (χ4v) is 1.65. The lowest BCUT2D eigenvalue weighted by atomic mass is 10.2. The number of halogens is 1. The Morgan fingerprint density at radius 3 is 2.89 bits per heavy atom. The summed E-state index contributed by atoms with van der Waals surface area (Å²) in [6.45, 7) is 0.366. The molecular weight excluding hydrogens is 268 g/mol. The van der Waals surface area contributed by atoms with Crippen LogP contribution in [0.5, 0.6) is 5.88 Å². The van der Waals surface area contributed by atoms with E-state index in [0.717, 1.165) is 5.69 Å². The van der Waals surface area contributed by atoms with Crippen molar-refractivity contribution in [2.24, 2.45) is 0 Å². The van der Waals surface area contributed by atoms with Crippen LogP contribution in [0.2, 0.25) is 5.02 Å². The molecule has 5 nitrogen and oxygen atoms in total. The summed E-state index contributed by atoms with van der Waals surface area (Å²) in [7, 11) is 0. The standard InChI is InChI=1S/C13H11ClN2O3/c14-11-8-16-12(7-10(11)13(17)18)19-6-4-9-3-1-2-5-15-9/h1-3,5,7-8H,4,6H2,(H,17,18). The molecule has 0 saturated heterocycles. The van der Waals surface area contributed by atoms with Gasteiger partial charge in [0.25, 0.3) is 0 Å². The Hall–Kier alpha value is -2.14. The van der Waals surface area contributed by atoms with E-state index < -0.39 is 5.97 Å². The first-order chi connectivity index (χ1) is 9.16. The lowest BCUT2D eigenvalue weighted by Crippen LogP contribution is -2.05. The summed E-state index contributed by atoms with van der Waals surface area (Å²) < 4.78 is 5.38. The highest BCUT2D eigenvalue weighted by Crippen LogP contribution is 2.19. The largest absolute Gasteiger partial charge is 0.478 e. The van der Waals surface area contributed by atoms with Gasteiger partial charge in [0.1, 0.15) is 0 Å². The molecule has 0 spiro atoms. The van der Waals surface area contributed by atoms with E-state index in [2.05, 4.69) is 9.97 Å². The van der Waals surface area contributed by atoms with Crippen LogP contribution in [-0.2, 0) is 6.42 Å². The van der Waals surface area contributed by atoms with Gasteiger partial charge in [-0.3, -0.25) is 4.98 Å². The number of rotatable bonds is 5. The van der Waals surface area contributed by atoms with E-state index in [9.17, 15) is 4.79 Å². The molecule has 0 fully saturated rings. The van der Waals surface area contributed by atoms with Gasteiger partial charge in [-0.05, 0) is 12.1 Å². The van der Waals surface area contributed by atoms with Gasteiger partial charge in [0.15, 0.2) is 0 Å². The molecule has 98 valence electrons. The minimum absolute atomic E-state index is 0.0236. The van der Waals surface area contributed by atoms with Gasteiger partial charge < -0.3 is 9.84 Å². The molecule has 0 aliphatic rings. The number of aromatic carboxylic acids is 1. The second-order valence-electron chi connectivity index (χ2n) is 3.73. The summed E-state index contributed by atoms with van der Waals surface area (Å²) in [5, 5.41) is 9.00. The lowest BCUT2D eigenvalue weighted by Gasteiger charge is -2.06. The van der Waals surface area contributed by atoms with Gasteiger partial charge in [0.2, 0.25) is 5.88 Å². The Balaban J connectivity index is 1.97. The molecule has 6 heteroatoms. The molecule has 1 N–H and O–H groups in total. The topological polar surface area (TPSA) is 72.3 Å². The van der Waals surface area contributed by atoms with Crippen molar-refractivity contribution in [3.8, 4) is 5.88 Å². The zero-order valence-electron chi connectivity index (χ0n) is 9.91. The minimum Gasteiger partial charge on any atom is -0.478 e. The highest BCUT2D eigenvalue weighted by Gasteiger charge is 2.11. The van der Waals surface area contributed by atoms with Crippen molar-refractivity contribution in [3.63, 3.8) is 0 Å². The first kappa shape index (κ1) is 13.3. The van der Waals surface area contributed by atoms with E-state index in [-0.39, 0.29) is 16.5 Å². The van der Waals surface area contributed by atoms with E-state index in [1.54, 1.807) is 6.20 Å². The third kappa shape index (κ3) is 3.66. The molecule has 0 aliphatic carbocycles. The summed E-state index contributed by atoms with van der Waals surface area (Å²) in [6, 6.07) is 6.93. The van der Waals surface area contributed by atoms with E-state index in [1.165, 1.54) is 12.3 Å². The summed E-state index contributed by atoms with van der Waals surface area (Å²) in [5.74, 6) is -0.875. The van der Waals surface area contributed by atoms with Crippen molar-refractivity contribution >= 4 is 17.6 Å². The van der Waals surface area contributed by atoms with Crippen LogP contribution >= 0.6 is 11.6 Å². The zero-order chi connectivity index (χ0) is 13.7. The number of carboxylic acid groups (broad SMARTS) is 1. The van der Waals surface area contributed by atoms with Crippen LogP contribution < -0.4 is 4.74 Å². The first-order valence-electron chi connectivity index (χ1n) is 5.58. The molecule has 0 saturated carbocycles. The fourth-order valence-electron chi connectivity index (χ4n) is 1.47. The lowest BCUT2D eigenvalue weighted by molar-refractivity contribution is 0.0696. The number of aromatic nitrogens is 2. The van der Waals surface area contributed by atoms with Crippen molar-refractivity contribution in [2.75, 3.05) is 6.61 Å². The quantitative estimate of drug-likeness (QED) is 0.909. The maximum atomic E-state index is 10.9. The second kappa shape index (κ2) is 6.15. The summed E-state index contributed by atoms with van der Waals surface area (Å²) >= 11 is 5.71. The van der Waals surface area contributed by atoms with Crippen molar-refractivity contribution in [3.05, 3.63) is 52.9 Å². The van der Waals surface area contributed by atoms with Gasteiger partial charge in [-0.25, -0.2) is 9.78 Å². The van der Waals surface area contributed by atoms with E-state index in [4.69, 9.17) is 21.4 Å². The predicted octanol–water partition coefficient (Wildman–Crippen LogP) is 2.45. The van der Waals surface area contributed by atoms with Crippen LogP contribution in [0.25, 0.3) is 0 Å². The van der Waals surface area contributed by atoms with Crippen LogP contribution in [0.3, 0.4) is 0 Å². The molecule has 2 heterocycles. The normalized spacial score (nSPS) is 10.2. The molecular formula is C13H11ClN2O3. The van der Waals surface area contributed by atoms with Gasteiger partial charge in [-0.15, -0.1) is 0 Å². The number of ether oxygens (including phenoxy) is 1. The van der Waals surface area contributed by atoms with E-state index in [0.29, 0.717) is 13.0 Å². The molecule has 0 atom stereocenters. The van der Waals surface area contributed by atoms with Crippen LogP contribution in [0.4, 0.5) is 0 Å². The maximum Gasteiger partial charge on any atom is 0.337 e. The summed E-state index contributed by atoms with van der Waals surface area (Å²) in [4.78, 5) is 19.0. The summed E-state index contributed by atoms with van der Waals surface area (Å²) in [6.07, 6.45) is 3.59. The molecule has 19 heavy (non-hydrogen) atoms. The third-order valence-corrected chi connectivity index (χ3v) is 2.70. The average Bonchev–Trinajstić information content (AvgIpc) is 2.41. The molecule has 0 unspecified atom stereocenters. The second-order valence-corrected chi connectivity index (χ2v) is 4.13. The van der Waals surface area contributed by atoms with E-state index >= 15 is 0 Å². The number of pyridine rings is 2. The average molecular weight is 279 g/mol. The van der Waals surface area contributed by atoms with Gasteiger partial charge in [0, 0.05) is 24.4 Å². The fraction of sp³-hybridized carbons (Fsp3) is 0.154. The number of hydrogen-bond donors (Lipinski definition) is 1. The van der Waals surface area contributed by atoms with Gasteiger partial charge in [-0.1, -0.05) is 17.7 Å².